The van der Waals surface area contributed by atoms with Crippen molar-refractivity contribution in [3.8, 4) is 5.75 Å². The Kier molecular flexibility index (Phi) is 5.25. The highest BCUT2D eigenvalue weighted by atomic mass is 19.4. The Hall–Kier alpha value is -3.57. The zero-order valence-corrected chi connectivity index (χ0v) is 18.3. The van der Waals surface area contributed by atoms with Crippen LogP contribution in [0.2, 0.25) is 0 Å². The number of allylic oxidation sites excluding steroid dienone is 1. The highest BCUT2D eigenvalue weighted by molar-refractivity contribution is 6.21. The third-order valence-corrected chi connectivity index (χ3v) is 6.28. The number of carbonyl (C=O) groups excluding carboxylic acids is 1. The molecule has 3 unspecified atom stereocenters. The molecule has 4 heterocycles. The van der Waals surface area contributed by atoms with E-state index in [-0.39, 0.29) is 11.3 Å². The molecule has 0 bridgehead atoms. The van der Waals surface area contributed by atoms with Gasteiger partial charge >= 0.3 is 6.18 Å². The molecule has 5 rings (SSSR count). The molecule has 1 aromatic carbocycles. The maximum atomic E-state index is 14.0. The lowest BCUT2D eigenvalue weighted by atomic mass is 9.88. The maximum Gasteiger partial charge on any atom is 0.406 e. The van der Waals surface area contributed by atoms with Gasteiger partial charge in [-0.2, -0.15) is 13.2 Å². The van der Waals surface area contributed by atoms with Crippen LogP contribution in [0.1, 0.15) is 29.8 Å². The van der Waals surface area contributed by atoms with Crippen LogP contribution in [0, 0.1) is 0 Å². The molecule has 1 amide bonds. The average molecular weight is 473 g/mol. The first-order valence-corrected chi connectivity index (χ1v) is 10.6. The molecule has 8 nitrogen and oxygen atoms in total. The first-order valence-electron chi connectivity index (χ1n) is 10.6. The van der Waals surface area contributed by atoms with E-state index in [1.165, 1.54) is 7.11 Å². The van der Waals surface area contributed by atoms with Crippen molar-refractivity contribution < 1.29 is 27.8 Å². The first-order chi connectivity index (χ1) is 16.3. The van der Waals surface area contributed by atoms with Gasteiger partial charge in [0.15, 0.2) is 11.4 Å². The standard InChI is InChI=1S/C23H22F3N5O3/c1-12-16(18-14(11-32)30-10-6-9-15(34-2)20(30)28-18)22(33)31-21(27-12)17(13-7-4-3-5-8-13)19(29-31)23(24,25)26/h3-10,17,19,21,27,29,32H,11H2,1-2H3. The Labute approximate surface area is 192 Å². The van der Waals surface area contributed by atoms with Gasteiger partial charge in [-0.3, -0.25) is 9.20 Å². The average Bonchev–Trinajstić information content (AvgIpc) is 3.38. The molecule has 34 heavy (non-hydrogen) atoms. The summed E-state index contributed by atoms with van der Waals surface area (Å²) in [6, 6.07) is 9.72. The van der Waals surface area contributed by atoms with E-state index in [1.54, 1.807) is 60.0 Å². The van der Waals surface area contributed by atoms with Crippen molar-refractivity contribution in [3.63, 3.8) is 0 Å². The van der Waals surface area contributed by atoms with E-state index in [0.717, 1.165) is 5.01 Å². The summed E-state index contributed by atoms with van der Waals surface area (Å²) in [6.07, 6.45) is -3.89. The van der Waals surface area contributed by atoms with E-state index in [4.69, 9.17) is 4.74 Å². The fourth-order valence-electron chi connectivity index (χ4n) is 4.78. The number of nitrogens with one attached hydrogen (secondary N) is 2. The lowest BCUT2D eigenvalue weighted by Crippen LogP contribution is -2.54. The number of carbonyl (C=O) groups is 1. The molecule has 0 aliphatic carbocycles. The minimum absolute atomic E-state index is 0.0770. The molecule has 1 fully saturated rings. The van der Waals surface area contributed by atoms with E-state index in [0.29, 0.717) is 28.4 Å². The summed E-state index contributed by atoms with van der Waals surface area (Å²) in [5.41, 5.74) is 4.16. The molecule has 11 heteroatoms. The molecule has 1 saturated heterocycles. The quantitative estimate of drug-likeness (QED) is 0.540. The Morgan fingerprint density at radius 3 is 2.56 bits per heavy atom. The zero-order valence-electron chi connectivity index (χ0n) is 18.3. The van der Waals surface area contributed by atoms with Crippen LogP contribution in [0.5, 0.6) is 5.75 Å². The van der Waals surface area contributed by atoms with E-state index in [2.05, 4.69) is 15.7 Å². The molecule has 2 aliphatic heterocycles. The molecule has 2 aliphatic rings. The number of nitrogens with zero attached hydrogens (tertiary/aromatic N) is 3. The van der Waals surface area contributed by atoms with Crippen LogP contribution < -0.4 is 15.5 Å². The number of aromatic nitrogens is 2. The molecule has 0 spiro atoms. The van der Waals surface area contributed by atoms with Crippen molar-refractivity contribution in [2.45, 2.75) is 37.8 Å². The third-order valence-electron chi connectivity index (χ3n) is 6.28. The molecule has 0 radical (unpaired) electrons. The van der Waals surface area contributed by atoms with Crippen molar-refractivity contribution in [1.82, 2.24) is 25.1 Å². The van der Waals surface area contributed by atoms with E-state index < -0.39 is 36.8 Å². The van der Waals surface area contributed by atoms with Crippen molar-refractivity contribution in [1.29, 1.82) is 0 Å². The molecule has 3 atom stereocenters. The van der Waals surface area contributed by atoms with Gasteiger partial charge in [0, 0.05) is 11.9 Å². The van der Waals surface area contributed by atoms with Crippen LogP contribution in [0.25, 0.3) is 11.2 Å². The van der Waals surface area contributed by atoms with Gasteiger partial charge in [-0.05, 0) is 24.6 Å². The molecular formula is C23H22F3N5O3. The van der Waals surface area contributed by atoms with Gasteiger partial charge in [-0.1, -0.05) is 30.3 Å². The summed E-state index contributed by atoms with van der Waals surface area (Å²) in [5, 5.41) is 14.1. The number of methoxy groups -OCH3 is 1. The number of pyridine rings is 1. The van der Waals surface area contributed by atoms with Crippen LogP contribution >= 0.6 is 0 Å². The second kappa shape index (κ2) is 8.03. The van der Waals surface area contributed by atoms with Gasteiger partial charge < -0.3 is 15.2 Å². The molecular weight excluding hydrogens is 451 g/mol. The Balaban J connectivity index is 1.63. The minimum Gasteiger partial charge on any atom is -0.493 e. The highest BCUT2D eigenvalue weighted by Crippen LogP contribution is 2.42. The lowest BCUT2D eigenvalue weighted by Gasteiger charge is -2.34. The van der Waals surface area contributed by atoms with Crippen LogP contribution in [-0.4, -0.2) is 50.9 Å². The smallest absolute Gasteiger partial charge is 0.406 e. The van der Waals surface area contributed by atoms with Gasteiger partial charge in [0.2, 0.25) is 0 Å². The summed E-state index contributed by atoms with van der Waals surface area (Å²) in [4.78, 5) is 18.1. The first kappa shape index (κ1) is 22.2. The maximum absolute atomic E-state index is 14.0. The second-order valence-corrected chi connectivity index (χ2v) is 8.18. The number of hydrazine groups is 1. The van der Waals surface area contributed by atoms with Gasteiger partial charge in [-0.25, -0.2) is 15.4 Å². The number of fused-ring (bicyclic) bond motifs is 2. The largest absolute Gasteiger partial charge is 0.493 e. The summed E-state index contributed by atoms with van der Waals surface area (Å²) < 4.78 is 49.0. The van der Waals surface area contributed by atoms with Crippen LogP contribution in [0.3, 0.4) is 0 Å². The summed E-state index contributed by atoms with van der Waals surface area (Å²) in [6.45, 7) is 1.18. The van der Waals surface area contributed by atoms with E-state index in [1.807, 2.05) is 0 Å². The molecule has 178 valence electrons. The third kappa shape index (κ3) is 3.31. The Morgan fingerprint density at radius 1 is 1.18 bits per heavy atom. The number of rotatable bonds is 4. The molecule has 3 N–H and O–H groups in total. The van der Waals surface area contributed by atoms with E-state index >= 15 is 0 Å². The van der Waals surface area contributed by atoms with Gasteiger partial charge in [0.25, 0.3) is 5.91 Å². The fraction of sp³-hybridized carbons (Fsp3) is 0.304. The summed E-state index contributed by atoms with van der Waals surface area (Å²) in [7, 11) is 1.47. The van der Waals surface area contributed by atoms with Gasteiger partial charge in [0.1, 0.15) is 17.9 Å². The number of imidazole rings is 1. The van der Waals surface area contributed by atoms with Crippen molar-refractivity contribution >= 4 is 17.1 Å². The summed E-state index contributed by atoms with van der Waals surface area (Å²) >= 11 is 0. The Morgan fingerprint density at radius 2 is 1.91 bits per heavy atom. The topological polar surface area (TPSA) is 91.1 Å². The number of halogens is 3. The monoisotopic (exact) mass is 473 g/mol. The van der Waals surface area contributed by atoms with Crippen molar-refractivity contribution in [3.05, 3.63) is 71.3 Å². The predicted octanol–water partition coefficient (Wildman–Crippen LogP) is 2.56. The predicted molar refractivity (Wildman–Crippen MR) is 116 cm³/mol. The SMILES string of the molecule is COc1cccn2c(CO)c(C3=C(C)NC4C(c5ccccc5)C(C(F)(F)F)NN4C3=O)nc12. The number of benzene rings is 1. The summed E-state index contributed by atoms with van der Waals surface area (Å²) in [5.74, 6) is -1.30. The number of aliphatic hydroxyl groups is 1. The number of alkyl halides is 3. The van der Waals surface area contributed by atoms with E-state index in [9.17, 15) is 23.1 Å². The van der Waals surface area contributed by atoms with Gasteiger partial charge in [-0.15, -0.1) is 0 Å². The number of hydrogen-bond acceptors (Lipinski definition) is 6. The molecule has 3 aromatic rings. The van der Waals surface area contributed by atoms with Crippen molar-refractivity contribution in [2.75, 3.05) is 7.11 Å². The number of aliphatic hydroxyl groups excluding tert-OH is 1. The number of amides is 1. The van der Waals surface area contributed by atoms with Crippen molar-refractivity contribution in [2.24, 2.45) is 0 Å². The van der Waals surface area contributed by atoms with Crippen LogP contribution in [-0.2, 0) is 11.4 Å². The zero-order chi connectivity index (χ0) is 24.2. The fourth-order valence-corrected chi connectivity index (χ4v) is 4.78. The van der Waals surface area contributed by atoms with Crippen LogP contribution in [0.4, 0.5) is 13.2 Å². The lowest BCUT2D eigenvalue weighted by molar-refractivity contribution is -0.161. The van der Waals surface area contributed by atoms with Crippen LogP contribution in [0.15, 0.2) is 54.4 Å². The van der Waals surface area contributed by atoms with Gasteiger partial charge in [0.05, 0.1) is 30.9 Å². The molecule has 0 saturated carbocycles. The number of ether oxygens (including phenoxy) is 1. The highest BCUT2D eigenvalue weighted by Gasteiger charge is 2.58. The normalized spacial score (nSPS) is 22.8. The molecule has 2 aromatic heterocycles. The second-order valence-electron chi connectivity index (χ2n) is 8.18. The minimum atomic E-state index is -4.60. The Bertz CT molecular complexity index is 1290. The number of hydrogen-bond donors (Lipinski definition) is 3.